The van der Waals surface area contributed by atoms with Gasteiger partial charge in [-0.1, -0.05) is 12.1 Å². The summed E-state index contributed by atoms with van der Waals surface area (Å²) in [6.45, 7) is 4.72. The van der Waals surface area contributed by atoms with Gasteiger partial charge in [0.25, 0.3) is 5.91 Å². The number of benzene rings is 1. The molecule has 0 aliphatic carbocycles. The maximum Gasteiger partial charge on any atom is 0.251 e. The maximum absolute atomic E-state index is 12.6. The zero-order valence-electron chi connectivity index (χ0n) is 16.3. The second-order valence-corrected chi connectivity index (χ2v) is 6.77. The molecular formula is C20H24N6O2. The van der Waals surface area contributed by atoms with Crippen molar-refractivity contribution in [2.45, 2.75) is 33.4 Å². The van der Waals surface area contributed by atoms with Gasteiger partial charge in [0, 0.05) is 55.1 Å². The van der Waals surface area contributed by atoms with Gasteiger partial charge >= 0.3 is 0 Å². The Morgan fingerprint density at radius 2 is 2.04 bits per heavy atom. The van der Waals surface area contributed by atoms with E-state index in [0.29, 0.717) is 18.7 Å². The van der Waals surface area contributed by atoms with Gasteiger partial charge < -0.3 is 11.1 Å². The minimum atomic E-state index is -0.360. The smallest absolute Gasteiger partial charge is 0.251 e. The fourth-order valence-corrected chi connectivity index (χ4v) is 3.21. The van der Waals surface area contributed by atoms with E-state index in [4.69, 9.17) is 5.73 Å². The summed E-state index contributed by atoms with van der Waals surface area (Å²) >= 11 is 0. The summed E-state index contributed by atoms with van der Waals surface area (Å²) in [5.41, 5.74) is 10.4. The van der Waals surface area contributed by atoms with E-state index in [1.807, 2.05) is 45.3 Å². The average Bonchev–Trinajstić information content (AvgIpc) is 3.20. The van der Waals surface area contributed by atoms with Crippen molar-refractivity contribution in [3.8, 4) is 11.1 Å². The first kappa shape index (κ1) is 19.3. The number of carbonyl (C=O) groups excluding carboxylic acids is 2. The Bertz CT molecular complexity index is 1020. The van der Waals surface area contributed by atoms with Crippen LogP contribution in [0.5, 0.6) is 0 Å². The van der Waals surface area contributed by atoms with Crippen LogP contribution < -0.4 is 11.1 Å². The summed E-state index contributed by atoms with van der Waals surface area (Å²) in [5.74, 6) is -0.511. The van der Waals surface area contributed by atoms with Crippen LogP contribution in [0.4, 0.5) is 0 Å². The molecule has 8 heteroatoms. The lowest BCUT2D eigenvalue weighted by molar-refractivity contribution is -0.118. The first-order valence-electron chi connectivity index (χ1n) is 9.03. The minimum absolute atomic E-state index is 0.151. The molecule has 0 spiro atoms. The second-order valence-electron chi connectivity index (χ2n) is 6.77. The van der Waals surface area contributed by atoms with Crippen LogP contribution in [-0.2, 0) is 24.9 Å². The fraction of sp³-hybridized carbons (Fsp3) is 0.300. The molecule has 0 saturated heterocycles. The zero-order valence-corrected chi connectivity index (χ0v) is 16.3. The molecule has 2 aromatic heterocycles. The Morgan fingerprint density at radius 1 is 1.25 bits per heavy atom. The standard InChI is InChI=1S/C20H24N6O2/c1-13-19(14(2)26(24-13)8-7-18(21)27)16-5-4-6-17(9-16)20(28)22-10-15-11-23-25(3)12-15/h4-6,9,11-12H,7-8,10H2,1-3H3,(H2,21,27)(H,22,28). The summed E-state index contributed by atoms with van der Waals surface area (Å²) in [4.78, 5) is 23.6. The van der Waals surface area contributed by atoms with Gasteiger partial charge in [-0.3, -0.25) is 19.0 Å². The van der Waals surface area contributed by atoms with Crippen molar-refractivity contribution in [3.05, 3.63) is 59.2 Å². The largest absolute Gasteiger partial charge is 0.370 e. The second kappa shape index (κ2) is 8.08. The number of carbonyl (C=O) groups is 2. The molecule has 0 radical (unpaired) electrons. The van der Waals surface area contributed by atoms with Crippen LogP contribution in [0.2, 0.25) is 0 Å². The number of aromatic nitrogens is 4. The van der Waals surface area contributed by atoms with E-state index in [9.17, 15) is 9.59 Å². The van der Waals surface area contributed by atoms with E-state index < -0.39 is 0 Å². The molecule has 0 aliphatic rings. The number of aryl methyl sites for hydroxylation is 3. The van der Waals surface area contributed by atoms with Crippen molar-refractivity contribution < 1.29 is 9.59 Å². The SMILES string of the molecule is Cc1nn(CCC(N)=O)c(C)c1-c1cccc(C(=O)NCc2cnn(C)c2)c1. The molecule has 28 heavy (non-hydrogen) atoms. The van der Waals surface area contributed by atoms with E-state index in [2.05, 4.69) is 15.5 Å². The van der Waals surface area contributed by atoms with E-state index in [1.54, 1.807) is 21.6 Å². The van der Waals surface area contributed by atoms with Crippen LogP contribution in [0.3, 0.4) is 0 Å². The lowest BCUT2D eigenvalue weighted by Crippen LogP contribution is -2.22. The van der Waals surface area contributed by atoms with Gasteiger partial charge in [0.15, 0.2) is 0 Å². The van der Waals surface area contributed by atoms with Crippen molar-refractivity contribution in [2.24, 2.45) is 12.8 Å². The first-order chi connectivity index (χ1) is 13.3. The lowest BCUT2D eigenvalue weighted by Gasteiger charge is -2.08. The molecule has 146 valence electrons. The highest BCUT2D eigenvalue weighted by Gasteiger charge is 2.15. The topological polar surface area (TPSA) is 108 Å². The predicted molar refractivity (Wildman–Crippen MR) is 105 cm³/mol. The first-order valence-corrected chi connectivity index (χ1v) is 9.03. The Labute approximate surface area is 163 Å². The highest BCUT2D eigenvalue weighted by Crippen LogP contribution is 2.27. The van der Waals surface area contributed by atoms with Crippen LogP contribution in [0, 0.1) is 13.8 Å². The van der Waals surface area contributed by atoms with Gasteiger partial charge in [-0.05, 0) is 31.5 Å². The van der Waals surface area contributed by atoms with E-state index in [0.717, 1.165) is 28.1 Å². The molecule has 8 nitrogen and oxygen atoms in total. The number of hydrogen-bond donors (Lipinski definition) is 2. The van der Waals surface area contributed by atoms with Crippen LogP contribution in [0.1, 0.15) is 33.7 Å². The highest BCUT2D eigenvalue weighted by molar-refractivity contribution is 5.95. The molecule has 2 heterocycles. The molecule has 3 aromatic rings. The molecule has 0 saturated carbocycles. The number of primary amides is 1. The maximum atomic E-state index is 12.6. The van der Waals surface area contributed by atoms with Crippen molar-refractivity contribution in [2.75, 3.05) is 0 Å². The number of nitrogens with zero attached hydrogens (tertiary/aromatic N) is 4. The predicted octanol–water partition coefficient (Wildman–Crippen LogP) is 1.71. The van der Waals surface area contributed by atoms with E-state index in [1.165, 1.54) is 0 Å². The molecule has 0 bridgehead atoms. The van der Waals surface area contributed by atoms with Crippen molar-refractivity contribution in [1.82, 2.24) is 24.9 Å². The highest BCUT2D eigenvalue weighted by atomic mass is 16.2. The van der Waals surface area contributed by atoms with Gasteiger partial charge in [0.1, 0.15) is 0 Å². The molecule has 3 N–H and O–H groups in total. The summed E-state index contributed by atoms with van der Waals surface area (Å²) < 4.78 is 3.48. The quantitative estimate of drug-likeness (QED) is 0.650. The molecule has 0 aliphatic heterocycles. The van der Waals surface area contributed by atoms with Gasteiger partial charge in [-0.25, -0.2) is 0 Å². The normalized spacial score (nSPS) is 10.8. The monoisotopic (exact) mass is 380 g/mol. The Balaban J connectivity index is 1.79. The summed E-state index contributed by atoms with van der Waals surface area (Å²) in [6.07, 6.45) is 3.83. The van der Waals surface area contributed by atoms with Crippen molar-refractivity contribution in [3.63, 3.8) is 0 Å². The average molecular weight is 380 g/mol. The molecule has 2 amide bonds. The van der Waals surface area contributed by atoms with Gasteiger partial charge in [0.05, 0.1) is 11.9 Å². The van der Waals surface area contributed by atoms with Crippen LogP contribution >= 0.6 is 0 Å². The minimum Gasteiger partial charge on any atom is -0.370 e. The Kier molecular flexibility index (Phi) is 5.58. The number of nitrogens with one attached hydrogen (secondary N) is 1. The van der Waals surface area contributed by atoms with Crippen LogP contribution in [0.25, 0.3) is 11.1 Å². The Hall–Kier alpha value is -3.42. The summed E-state index contributed by atoms with van der Waals surface area (Å²) in [6, 6.07) is 7.44. The van der Waals surface area contributed by atoms with Crippen molar-refractivity contribution in [1.29, 1.82) is 0 Å². The third-order valence-electron chi connectivity index (χ3n) is 4.58. The van der Waals surface area contributed by atoms with Crippen LogP contribution in [0.15, 0.2) is 36.7 Å². The fourth-order valence-electron chi connectivity index (χ4n) is 3.21. The Morgan fingerprint density at radius 3 is 2.71 bits per heavy atom. The van der Waals surface area contributed by atoms with Crippen LogP contribution in [-0.4, -0.2) is 31.4 Å². The third-order valence-corrected chi connectivity index (χ3v) is 4.58. The van der Waals surface area contributed by atoms with E-state index >= 15 is 0 Å². The number of amides is 2. The molecule has 0 unspecified atom stereocenters. The van der Waals surface area contributed by atoms with E-state index in [-0.39, 0.29) is 18.2 Å². The van der Waals surface area contributed by atoms with Gasteiger partial charge in [-0.15, -0.1) is 0 Å². The number of rotatable bonds is 7. The molecule has 1 aromatic carbocycles. The molecular weight excluding hydrogens is 356 g/mol. The molecule has 0 atom stereocenters. The number of hydrogen-bond acceptors (Lipinski definition) is 4. The van der Waals surface area contributed by atoms with Gasteiger partial charge in [0.2, 0.25) is 5.91 Å². The molecule has 0 fully saturated rings. The van der Waals surface area contributed by atoms with Crippen molar-refractivity contribution >= 4 is 11.8 Å². The summed E-state index contributed by atoms with van der Waals surface area (Å²) in [5, 5.41) is 11.5. The third kappa shape index (κ3) is 4.28. The molecule has 3 rings (SSSR count). The summed E-state index contributed by atoms with van der Waals surface area (Å²) in [7, 11) is 1.84. The lowest BCUT2D eigenvalue weighted by atomic mass is 10.0. The van der Waals surface area contributed by atoms with Gasteiger partial charge in [-0.2, -0.15) is 10.2 Å². The number of nitrogens with two attached hydrogens (primary N) is 1. The zero-order chi connectivity index (χ0) is 20.3.